The molecule has 0 saturated carbocycles. The van der Waals surface area contributed by atoms with Crippen LogP contribution in [-0.4, -0.2) is 14.8 Å². The molecular weight excluding hydrogens is 331 g/mol. The Morgan fingerprint density at radius 3 is 2.79 bits per heavy atom. The number of aryl methyl sites for hydroxylation is 1. The minimum atomic E-state index is -0.497. The van der Waals surface area contributed by atoms with Crippen LogP contribution in [0.15, 0.2) is 42.7 Å². The minimum Gasteiger partial charge on any atom is -0.473 e. The van der Waals surface area contributed by atoms with Gasteiger partial charge in [0.05, 0.1) is 17.8 Å². The average Bonchev–Trinajstić information content (AvgIpc) is 2.99. The van der Waals surface area contributed by atoms with E-state index >= 15 is 0 Å². The van der Waals surface area contributed by atoms with Crippen molar-refractivity contribution in [3.63, 3.8) is 0 Å². The minimum absolute atomic E-state index is 0.0165. The lowest BCUT2D eigenvalue weighted by Gasteiger charge is -2.08. The maximum absolute atomic E-state index is 13.9. The fourth-order valence-electron chi connectivity index (χ4n) is 2.17. The van der Waals surface area contributed by atoms with Crippen LogP contribution < -0.4 is 4.74 Å². The maximum Gasteiger partial charge on any atom is 0.215 e. The topological polar surface area (TPSA) is 63.7 Å². The zero-order chi connectivity index (χ0) is 17.1. The summed E-state index contributed by atoms with van der Waals surface area (Å²) in [6.45, 7) is -0.0165. The van der Waals surface area contributed by atoms with Gasteiger partial charge in [-0.1, -0.05) is 17.7 Å². The van der Waals surface area contributed by atoms with Gasteiger partial charge in [-0.2, -0.15) is 10.4 Å². The van der Waals surface area contributed by atoms with E-state index in [0.717, 1.165) is 11.1 Å². The molecule has 3 aromatic rings. The summed E-state index contributed by atoms with van der Waals surface area (Å²) in [5.74, 6) is -0.214. The number of ether oxygens (including phenoxy) is 1. The molecule has 0 fully saturated rings. The number of halogens is 2. The van der Waals surface area contributed by atoms with E-state index in [4.69, 9.17) is 21.6 Å². The molecule has 0 aliphatic rings. The first kappa shape index (κ1) is 16.0. The SMILES string of the molecule is Cn1cc(-c2cc(Cl)nc(OCc3ccc(C#N)cc3F)c2)cn1. The van der Waals surface area contributed by atoms with E-state index in [0.29, 0.717) is 5.56 Å². The number of pyridine rings is 1. The number of rotatable bonds is 4. The van der Waals surface area contributed by atoms with Crippen molar-refractivity contribution in [2.75, 3.05) is 0 Å². The molecule has 3 rings (SSSR count). The van der Waals surface area contributed by atoms with Gasteiger partial charge in [-0.25, -0.2) is 9.37 Å². The summed E-state index contributed by atoms with van der Waals surface area (Å²) >= 11 is 6.03. The molecule has 0 atom stereocenters. The molecule has 0 saturated heterocycles. The van der Waals surface area contributed by atoms with Crippen molar-refractivity contribution in [2.24, 2.45) is 7.05 Å². The summed E-state index contributed by atoms with van der Waals surface area (Å²) in [7, 11) is 1.82. The van der Waals surface area contributed by atoms with Crippen LogP contribution in [0.2, 0.25) is 5.15 Å². The van der Waals surface area contributed by atoms with Gasteiger partial charge in [0.2, 0.25) is 5.88 Å². The van der Waals surface area contributed by atoms with Crippen molar-refractivity contribution in [3.8, 4) is 23.1 Å². The Morgan fingerprint density at radius 2 is 2.12 bits per heavy atom. The largest absolute Gasteiger partial charge is 0.473 e. The van der Waals surface area contributed by atoms with Crippen LogP contribution in [0.5, 0.6) is 5.88 Å². The van der Waals surface area contributed by atoms with Crippen molar-refractivity contribution >= 4 is 11.6 Å². The van der Waals surface area contributed by atoms with Gasteiger partial charge in [-0.15, -0.1) is 0 Å². The Hall–Kier alpha value is -2.91. The van der Waals surface area contributed by atoms with Crippen LogP contribution in [0.3, 0.4) is 0 Å². The molecule has 2 aromatic heterocycles. The summed E-state index contributed by atoms with van der Waals surface area (Å²) in [6.07, 6.45) is 3.55. The van der Waals surface area contributed by atoms with Crippen LogP contribution in [0.1, 0.15) is 11.1 Å². The van der Waals surface area contributed by atoms with Crippen LogP contribution in [-0.2, 0) is 13.7 Å². The lowest BCUT2D eigenvalue weighted by molar-refractivity contribution is 0.288. The van der Waals surface area contributed by atoms with Crippen molar-refractivity contribution in [2.45, 2.75) is 6.61 Å². The molecule has 24 heavy (non-hydrogen) atoms. The van der Waals surface area contributed by atoms with E-state index in [-0.39, 0.29) is 23.2 Å². The van der Waals surface area contributed by atoms with Crippen LogP contribution in [0, 0.1) is 17.1 Å². The molecule has 2 heterocycles. The Bertz CT molecular complexity index is 933. The number of nitrogens with zero attached hydrogens (tertiary/aromatic N) is 4. The molecule has 0 N–H and O–H groups in total. The average molecular weight is 343 g/mol. The van der Waals surface area contributed by atoms with Crippen molar-refractivity contribution < 1.29 is 9.13 Å². The fourth-order valence-corrected chi connectivity index (χ4v) is 2.37. The van der Waals surface area contributed by atoms with Gasteiger partial charge in [-0.05, 0) is 23.8 Å². The first-order valence-electron chi connectivity index (χ1n) is 7.03. The predicted octanol–water partition coefficient (Wildman–Crippen LogP) is 3.73. The van der Waals surface area contributed by atoms with E-state index < -0.39 is 5.82 Å². The molecular formula is C17H12ClFN4O. The number of hydrogen-bond donors (Lipinski definition) is 0. The van der Waals surface area contributed by atoms with Crippen molar-refractivity contribution in [1.29, 1.82) is 5.26 Å². The number of aromatic nitrogens is 3. The molecule has 0 unspecified atom stereocenters. The van der Waals surface area contributed by atoms with Crippen LogP contribution >= 0.6 is 11.6 Å². The first-order chi connectivity index (χ1) is 11.5. The summed E-state index contributed by atoms with van der Waals surface area (Å²) in [5, 5.41) is 13.1. The molecule has 1 aromatic carbocycles. The quantitative estimate of drug-likeness (QED) is 0.678. The Kier molecular flexibility index (Phi) is 4.45. The first-order valence-corrected chi connectivity index (χ1v) is 7.41. The highest BCUT2D eigenvalue weighted by molar-refractivity contribution is 6.29. The second kappa shape index (κ2) is 6.69. The summed E-state index contributed by atoms with van der Waals surface area (Å²) in [4.78, 5) is 4.09. The van der Waals surface area contributed by atoms with Gasteiger partial charge >= 0.3 is 0 Å². The second-order valence-electron chi connectivity index (χ2n) is 5.13. The smallest absolute Gasteiger partial charge is 0.215 e. The van der Waals surface area contributed by atoms with Crippen molar-refractivity contribution in [3.05, 3.63) is 64.8 Å². The third kappa shape index (κ3) is 3.53. The van der Waals surface area contributed by atoms with Gasteiger partial charge in [-0.3, -0.25) is 4.68 Å². The molecule has 7 heteroatoms. The van der Waals surface area contributed by atoms with E-state index in [1.54, 1.807) is 23.0 Å². The van der Waals surface area contributed by atoms with Gasteiger partial charge < -0.3 is 4.74 Å². The highest BCUT2D eigenvalue weighted by Crippen LogP contribution is 2.26. The van der Waals surface area contributed by atoms with Gasteiger partial charge in [0.25, 0.3) is 0 Å². The number of benzene rings is 1. The Balaban J connectivity index is 1.81. The molecule has 0 radical (unpaired) electrons. The van der Waals surface area contributed by atoms with Gasteiger partial charge in [0, 0.05) is 30.4 Å². The van der Waals surface area contributed by atoms with Gasteiger partial charge in [0.1, 0.15) is 17.6 Å². The molecule has 0 spiro atoms. The standard InChI is InChI=1S/C17H12ClFN4O/c1-23-9-14(8-21-23)13-5-16(18)22-17(6-13)24-10-12-3-2-11(7-20)4-15(12)19/h2-6,8-9H,10H2,1H3. The summed E-state index contributed by atoms with van der Waals surface area (Å²) in [6, 6.07) is 9.52. The van der Waals surface area contributed by atoms with Crippen LogP contribution in [0.4, 0.5) is 4.39 Å². The molecule has 120 valence electrons. The molecule has 0 aliphatic carbocycles. The lowest BCUT2D eigenvalue weighted by atomic mass is 10.1. The lowest BCUT2D eigenvalue weighted by Crippen LogP contribution is -2.00. The predicted molar refractivity (Wildman–Crippen MR) is 86.9 cm³/mol. The Morgan fingerprint density at radius 1 is 1.29 bits per heavy atom. The molecule has 0 amide bonds. The van der Waals surface area contributed by atoms with E-state index in [2.05, 4.69) is 10.1 Å². The zero-order valence-corrected chi connectivity index (χ0v) is 13.5. The van der Waals surface area contributed by atoms with E-state index in [9.17, 15) is 4.39 Å². The maximum atomic E-state index is 13.9. The van der Waals surface area contributed by atoms with E-state index in [1.165, 1.54) is 18.2 Å². The number of nitriles is 1. The highest BCUT2D eigenvalue weighted by Gasteiger charge is 2.09. The van der Waals surface area contributed by atoms with Crippen molar-refractivity contribution in [1.82, 2.24) is 14.8 Å². The summed E-state index contributed by atoms with van der Waals surface area (Å²) in [5.41, 5.74) is 2.27. The monoisotopic (exact) mass is 342 g/mol. The molecule has 5 nitrogen and oxygen atoms in total. The van der Waals surface area contributed by atoms with Crippen LogP contribution in [0.25, 0.3) is 11.1 Å². The molecule has 0 aliphatic heterocycles. The fraction of sp³-hybridized carbons (Fsp3) is 0.118. The normalized spacial score (nSPS) is 10.4. The number of hydrogen-bond acceptors (Lipinski definition) is 4. The van der Waals surface area contributed by atoms with Gasteiger partial charge in [0.15, 0.2) is 0 Å². The Labute approximate surface area is 142 Å². The van der Waals surface area contributed by atoms with E-state index in [1.807, 2.05) is 19.3 Å². The third-order valence-electron chi connectivity index (χ3n) is 3.37. The molecule has 0 bridgehead atoms. The zero-order valence-electron chi connectivity index (χ0n) is 12.7. The highest BCUT2D eigenvalue weighted by atomic mass is 35.5. The third-order valence-corrected chi connectivity index (χ3v) is 3.56. The summed E-state index contributed by atoms with van der Waals surface area (Å²) < 4.78 is 21.1. The second-order valence-corrected chi connectivity index (χ2v) is 5.51.